The molecule has 0 aliphatic heterocycles. The molecule has 0 heterocycles. The van der Waals surface area contributed by atoms with E-state index in [9.17, 15) is 4.79 Å². The maximum atomic E-state index is 12.0. The lowest BCUT2D eigenvalue weighted by molar-refractivity contribution is -0.149. The first-order valence-corrected chi connectivity index (χ1v) is 12.2. The fourth-order valence-corrected chi connectivity index (χ4v) is 3.18. The molecule has 0 aliphatic carbocycles. The Kier molecular flexibility index (Phi) is 11.6. The van der Waals surface area contributed by atoms with Crippen LogP contribution in [0.4, 0.5) is 0 Å². The molecule has 0 amide bonds. The number of hydrogen-bond donors (Lipinski definition) is 0. The largest absolute Gasteiger partial charge is 0.467 e. The predicted octanol–water partition coefficient (Wildman–Crippen LogP) is 5.31. The van der Waals surface area contributed by atoms with Crippen molar-refractivity contribution >= 4 is 14.3 Å². The van der Waals surface area contributed by atoms with Gasteiger partial charge in [-0.1, -0.05) is 52.4 Å². The summed E-state index contributed by atoms with van der Waals surface area (Å²) in [5.41, 5.74) is 0. The number of carbonyl (C=O) groups is 1. The maximum absolute atomic E-state index is 12.0. The van der Waals surface area contributed by atoms with E-state index in [4.69, 9.17) is 9.16 Å². The lowest BCUT2D eigenvalue weighted by Gasteiger charge is -2.38. The van der Waals surface area contributed by atoms with Crippen LogP contribution in [0.15, 0.2) is 0 Å². The Balaban J connectivity index is 4.45. The Morgan fingerprint density at radius 1 is 1.04 bits per heavy atom. The van der Waals surface area contributed by atoms with Crippen LogP contribution in [-0.2, 0) is 14.0 Å². The highest BCUT2D eigenvalue weighted by Gasteiger charge is 2.40. The summed E-state index contributed by atoms with van der Waals surface area (Å²) in [5.74, 6) is 12.1. The Morgan fingerprint density at radius 3 is 2.16 bits per heavy atom. The third-order valence-corrected chi connectivity index (χ3v) is 9.06. The summed E-state index contributed by atoms with van der Waals surface area (Å²) in [4.78, 5) is 12.0. The van der Waals surface area contributed by atoms with Crippen LogP contribution in [0.5, 0.6) is 0 Å². The quantitative estimate of drug-likeness (QED) is 0.253. The number of ether oxygens (including phenoxy) is 1. The van der Waals surface area contributed by atoms with Gasteiger partial charge in [-0.05, 0) is 31.0 Å². The van der Waals surface area contributed by atoms with Crippen LogP contribution in [-0.4, -0.2) is 27.5 Å². The van der Waals surface area contributed by atoms with Gasteiger partial charge in [0.1, 0.15) is 6.10 Å². The second-order valence-electron chi connectivity index (χ2n) is 7.77. The van der Waals surface area contributed by atoms with Crippen molar-refractivity contribution in [2.45, 2.75) is 96.9 Å². The summed E-state index contributed by atoms with van der Waals surface area (Å²) in [7, 11) is -0.609. The average Bonchev–Trinajstić information content (AvgIpc) is 2.53. The Hall–Kier alpha value is -1.23. The molecule has 0 N–H and O–H groups in total. The van der Waals surface area contributed by atoms with E-state index < -0.39 is 14.4 Å². The van der Waals surface area contributed by atoms with Crippen molar-refractivity contribution in [3.63, 3.8) is 0 Å². The number of unbranched alkanes of at least 4 members (excludes halogenated alkanes) is 3. The van der Waals surface area contributed by atoms with Crippen molar-refractivity contribution in [2.24, 2.45) is 0 Å². The van der Waals surface area contributed by atoms with Crippen molar-refractivity contribution in [3.05, 3.63) is 0 Å². The predicted molar refractivity (Wildman–Crippen MR) is 108 cm³/mol. The van der Waals surface area contributed by atoms with E-state index in [1.165, 1.54) is 26.4 Å². The zero-order valence-electron chi connectivity index (χ0n) is 17.3. The van der Waals surface area contributed by atoms with Gasteiger partial charge in [0.25, 0.3) is 0 Å². The average molecular weight is 365 g/mol. The van der Waals surface area contributed by atoms with Crippen LogP contribution in [0.1, 0.15) is 72.6 Å². The molecule has 0 aliphatic rings. The number of esters is 1. The highest BCUT2D eigenvalue weighted by Crippen LogP contribution is 2.37. The minimum atomic E-state index is -2.02. The molecule has 0 spiro atoms. The fourth-order valence-electron chi connectivity index (χ4n) is 1.90. The number of rotatable bonds is 8. The summed E-state index contributed by atoms with van der Waals surface area (Å²) in [6, 6.07) is 0. The van der Waals surface area contributed by atoms with Gasteiger partial charge in [-0.3, -0.25) is 0 Å². The Morgan fingerprint density at radius 2 is 1.64 bits per heavy atom. The molecule has 0 saturated carbocycles. The normalized spacial score (nSPS) is 12.4. The first kappa shape index (κ1) is 23.8. The number of carbonyl (C=O) groups excluding carboxylic acids is 1. The minimum absolute atomic E-state index is 0.0539. The Labute approximate surface area is 156 Å². The third kappa shape index (κ3) is 10.4. The van der Waals surface area contributed by atoms with Crippen molar-refractivity contribution < 1.29 is 14.0 Å². The van der Waals surface area contributed by atoms with Crippen LogP contribution < -0.4 is 0 Å². The zero-order chi connectivity index (χ0) is 19.3. The van der Waals surface area contributed by atoms with E-state index >= 15 is 0 Å². The third-order valence-electron chi connectivity index (χ3n) is 4.57. The molecule has 0 aromatic rings. The number of hydrogen-bond acceptors (Lipinski definition) is 3. The highest BCUT2D eigenvalue weighted by molar-refractivity contribution is 6.74. The van der Waals surface area contributed by atoms with E-state index in [0.717, 1.165) is 6.42 Å². The van der Waals surface area contributed by atoms with Gasteiger partial charge in [-0.25, -0.2) is 4.79 Å². The van der Waals surface area contributed by atoms with Crippen LogP contribution in [0.3, 0.4) is 0 Å². The molecule has 25 heavy (non-hydrogen) atoms. The zero-order valence-corrected chi connectivity index (χ0v) is 18.3. The molecule has 0 aromatic carbocycles. The first-order chi connectivity index (χ1) is 11.7. The molecule has 0 saturated heterocycles. The topological polar surface area (TPSA) is 35.5 Å². The van der Waals surface area contributed by atoms with Gasteiger partial charge in [-0.2, -0.15) is 0 Å². The molecule has 4 heteroatoms. The molecule has 0 fully saturated rings. The molecule has 142 valence electrons. The van der Waals surface area contributed by atoms with Gasteiger partial charge in [0.2, 0.25) is 0 Å². The first-order valence-electron chi connectivity index (χ1n) is 9.32. The summed E-state index contributed by atoms with van der Waals surface area (Å²) in [6.07, 6.45) is 5.84. The van der Waals surface area contributed by atoms with Crippen LogP contribution >= 0.6 is 0 Å². The smallest absolute Gasteiger partial charge is 0.333 e. The van der Waals surface area contributed by atoms with E-state index in [1.54, 1.807) is 0 Å². The summed E-state index contributed by atoms with van der Waals surface area (Å²) in [6.45, 7) is 13.0. The monoisotopic (exact) mass is 364 g/mol. The summed E-state index contributed by atoms with van der Waals surface area (Å²) >= 11 is 0. The molecule has 0 aromatic heterocycles. The van der Waals surface area contributed by atoms with E-state index in [-0.39, 0.29) is 11.0 Å². The van der Waals surface area contributed by atoms with Gasteiger partial charge < -0.3 is 9.16 Å². The maximum Gasteiger partial charge on any atom is 0.333 e. The van der Waals surface area contributed by atoms with Crippen molar-refractivity contribution in [1.29, 1.82) is 0 Å². The SMILES string of the molecule is CCCCCC#CCC#CCCC(O[Si](C)(C)C(C)(C)C)C(=O)OC. The van der Waals surface area contributed by atoms with Crippen molar-refractivity contribution in [3.8, 4) is 23.7 Å². The molecule has 0 rings (SSSR count). The molecule has 3 nitrogen and oxygen atoms in total. The van der Waals surface area contributed by atoms with Crippen LogP contribution in [0, 0.1) is 23.7 Å². The van der Waals surface area contributed by atoms with Crippen molar-refractivity contribution in [1.82, 2.24) is 0 Å². The molecular weight excluding hydrogens is 328 g/mol. The van der Waals surface area contributed by atoms with Gasteiger partial charge in [0.15, 0.2) is 8.32 Å². The van der Waals surface area contributed by atoms with Crippen LogP contribution in [0.2, 0.25) is 18.1 Å². The minimum Gasteiger partial charge on any atom is -0.467 e. The lowest BCUT2D eigenvalue weighted by atomic mass is 10.2. The van der Waals surface area contributed by atoms with Crippen LogP contribution in [0.25, 0.3) is 0 Å². The Bertz CT molecular complexity index is 509. The molecule has 0 bridgehead atoms. The molecule has 0 radical (unpaired) electrons. The van der Waals surface area contributed by atoms with Gasteiger partial charge in [0, 0.05) is 12.8 Å². The number of methoxy groups -OCH3 is 1. The second kappa shape index (κ2) is 12.2. The van der Waals surface area contributed by atoms with Crippen molar-refractivity contribution in [2.75, 3.05) is 7.11 Å². The summed E-state index contributed by atoms with van der Waals surface area (Å²) in [5, 5.41) is 0.0539. The lowest BCUT2D eigenvalue weighted by Crippen LogP contribution is -2.46. The van der Waals surface area contributed by atoms with Gasteiger partial charge >= 0.3 is 5.97 Å². The van der Waals surface area contributed by atoms with Gasteiger partial charge in [-0.15, -0.1) is 11.8 Å². The molecule has 1 atom stereocenters. The summed E-state index contributed by atoms with van der Waals surface area (Å²) < 4.78 is 11.1. The molecular formula is C21H36O3Si. The fraction of sp³-hybridized carbons (Fsp3) is 0.762. The van der Waals surface area contributed by atoms with E-state index in [0.29, 0.717) is 19.3 Å². The highest BCUT2D eigenvalue weighted by atomic mass is 28.4. The second-order valence-corrected chi connectivity index (χ2v) is 12.5. The van der Waals surface area contributed by atoms with E-state index in [1.807, 2.05) is 0 Å². The standard InChI is InChI=1S/C21H36O3Si/c1-8-9-10-11-12-13-14-15-16-17-18-19(20(22)23-5)24-25(6,7)21(2,3)4/h19H,8-11,14,17-18H2,1-7H3. The van der Waals surface area contributed by atoms with Gasteiger partial charge in [0.05, 0.1) is 13.5 Å². The molecule has 1 unspecified atom stereocenters. The van der Waals surface area contributed by atoms with E-state index in [2.05, 4.69) is 64.5 Å².